The lowest BCUT2D eigenvalue weighted by atomic mass is 9.96. The molecular weight excluding hydrogens is 1420 g/mol. The van der Waals surface area contributed by atoms with Crippen molar-refractivity contribution in [2.45, 2.75) is 176 Å². The van der Waals surface area contributed by atoms with Gasteiger partial charge >= 0.3 is 0 Å². The number of benzene rings is 2. The maximum absolute atomic E-state index is 14.5. The Labute approximate surface area is 614 Å². The maximum atomic E-state index is 14.5. The van der Waals surface area contributed by atoms with Crippen LogP contribution in [0.25, 0.3) is 0 Å². The third kappa shape index (κ3) is 32.2. The van der Waals surface area contributed by atoms with E-state index in [2.05, 4.69) is 94.4 Å². The third-order valence-electron chi connectivity index (χ3n) is 16.0. The highest BCUT2D eigenvalue weighted by molar-refractivity contribution is 7.80. The number of amides is 15. The molecule has 2 aromatic rings. The molecule has 1 fully saturated rings. The van der Waals surface area contributed by atoms with Gasteiger partial charge in [0.05, 0.1) is 44.2 Å². The Bertz CT molecular complexity index is 3390. The highest BCUT2D eigenvalue weighted by Crippen LogP contribution is 2.16. The molecule has 41 heteroatoms. The number of phenolic OH excluding ortho intramolecular Hbond substituents is 2. The van der Waals surface area contributed by atoms with E-state index in [1.54, 1.807) is 0 Å². The smallest absolute Gasteiger partial charge is 0.245 e. The normalized spacial score (nSPS) is 24.9. The zero-order valence-electron chi connectivity index (χ0n) is 57.8. The van der Waals surface area contributed by atoms with Crippen molar-refractivity contribution in [3.63, 3.8) is 0 Å². The fourth-order valence-corrected chi connectivity index (χ4v) is 10.7. The van der Waals surface area contributed by atoms with E-state index in [1.165, 1.54) is 55.5 Å². The zero-order valence-corrected chi connectivity index (χ0v) is 59.6. The second kappa shape index (κ2) is 45.9. The SMILES string of the molecule is C[C@@H]1NCCCCN[C@@H](Cc2ccc(O)cc2)C(=O)C(=O)C(CO)NC(=O)[C@H](CCC(N)=O)NC(=O)C(Cc2ccc(O)cc2)NC(=O)[C@H](CS)NC(=O)C(CC(N)=O)NC(=O)[C@H]([C@@H](C)O)NC(=O)C(CCC(N)=O)NC(=O)CNC(=O)C(CC(N)=O)NC(=O)[C@H](CCCCN)NC(=O)C(CS)NC1=O. The molecular formula is C64H96N18O21S2. The van der Waals surface area contributed by atoms with Crippen LogP contribution in [0, 0.1) is 0 Å². The molecule has 2 aromatic carbocycles. The van der Waals surface area contributed by atoms with Crippen molar-refractivity contribution in [2.24, 2.45) is 28.7 Å². The van der Waals surface area contributed by atoms with E-state index in [0.29, 0.717) is 18.4 Å². The van der Waals surface area contributed by atoms with E-state index in [1.807, 2.05) is 0 Å². The fourth-order valence-electron chi connectivity index (χ4n) is 10.1. The number of aromatic hydroxyl groups is 2. The first-order valence-corrected chi connectivity index (χ1v) is 34.6. The minimum absolute atomic E-state index is 0.0406. The second-order valence-corrected chi connectivity index (χ2v) is 25.3. The number of aliphatic hydroxyl groups is 2. The molecule has 3 rings (SSSR count). The van der Waals surface area contributed by atoms with Crippen LogP contribution in [0.3, 0.4) is 0 Å². The van der Waals surface area contributed by atoms with Crippen molar-refractivity contribution in [1.29, 1.82) is 0 Å². The van der Waals surface area contributed by atoms with Crippen LogP contribution in [-0.2, 0) is 94.3 Å². The topological polar surface area (TPSA) is 658 Å². The van der Waals surface area contributed by atoms with Gasteiger partial charge in [0, 0.05) is 30.8 Å². The summed E-state index contributed by atoms with van der Waals surface area (Å²) in [6.45, 7) is 0.609. The summed E-state index contributed by atoms with van der Waals surface area (Å²) in [5.41, 5.74) is 28.1. The molecule has 105 heavy (non-hydrogen) atoms. The van der Waals surface area contributed by atoms with Crippen LogP contribution in [0.2, 0.25) is 0 Å². The van der Waals surface area contributed by atoms with E-state index in [9.17, 15) is 102 Å². The lowest BCUT2D eigenvalue weighted by Gasteiger charge is -2.28. The van der Waals surface area contributed by atoms with Crippen LogP contribution >= 0.6 is 25.3 Å². The molecule has 580 valence electrons. The molecule has 0 saturated carbocycles. The number of carbonyl (C=O) groups excluding carboxylic acids is 17. The largest absolute Gasteiger partial charge is 0.508 e. The molecule has 13 atom stereocenters. The summed E-state index contributed by atoms with van der Waals surface area (Å²) in [6.07, 6.45) is -5.72. The van der Waals surface area contributed by atoms with E-state index >= 15 is 0 Å². The van der Waals surface area contributed by atoms with Gasteiger partial charge in [-0.15, -0.1) is 0 Å². The van der Waals surface area contributed by atoms with Crippen LogP contribution in [0.15, 0.2) is 48.5 Å². The predicted octanol–water partition coefficient (Wildman–Crippen LogP) is -9.64. The van der Waals surface area contributed by atoms with Gasteiger partial charge in [0.2, 0.25) is 100 Å². The third-order valence-corrected chi connectivity index (χ3v) is 16.7. The number of phenols is 2. The summed E-state index contributed by atoms with van der Waals surface area (Å²) in [6, 6.07) is -9.56. The Kier molecular flexibility index (Phi) is 39.0. The molecule has 27 N–H and O–H groups in total. The second-order valence-electron chi connectivity index (χ2n) is 24.6. The van der Waals surface area contributed by atoms with Gasteiger partial charge in [-0.05, 0) is 120 Å². The average Bonchev–Trinajstić information content (AvgIpc) is 0.877. The van der Waals surface area contributed by atoms with Gasteiger partial charge in [0.1, 0.15) is 71.9 Å². The van der Waals surface area contributed by atoms with Crippen molar-refractivity contribution < 1.29 is 102 Å². The molecule has 1 heterocycles. The van der Waals surface area contributed by atoms with Crippen LogP contribution < -0.4 is 97.8 Å². The summed E-state index contributed by atoms with van der Waals surface area (Å²) in [4.78, 5) is 231. The summed E-state index contributed by atoms with van der Waals surface area (Å²) < 4.78 is 0. The van der Waals surface area contributed by atoms with E-state index in [4.69, 9.17) is 28.7 Å². The minimum atomic E-state index is -2.08. The standard InChI is InChI=1S/C64H96N18O21S2/c1-31-55(94)80-45(29-104)62(101)74-37(7-3-4-20-65)57(96)77-42(25-49(68)89)56(95)72-27-51(91)73-38(16-18-47(66)87)59(98)82-52(32(2)84)64(103)78-43(26-50(69)90)61(100)81-46(30-105)63(102)76-41(24-34-10-14-36(86)15-11-34)60(99)75-39(17-19-48(67)88)58(97)79-44(28-83)54(93)53(92)40(71-22-6-5-21-70-31)23-33-8-12-35(85)13-9-33/h8-15,31-32,37-46,52,70-71,83-86,104-105H,3-7,16-30,65H2,1-2H3,(H2,66,87)(H2,67,88)(H2,68,89)(H2,69,90)(H,72,95)(H,73,91)(H,74,101)(H,75,99)(H,76,102)(H,77,96)(H,78,103)(H,79,97)(H,80,94)(H,81,100)(H,82,98)/t31-,32+,37-,38?,39-,40-,41?,42?,43?,44?,45?,46-,52-/m0/s1. The van der Waals surface area contributed by atoms with Gasteiger partial charge in [-0.25, -0.2) is 0 Å². The van der Waals surface area contributed by atoms with Crippen molar-refractivity contribution in [2.75, 3.05) is 44.3 Å². The number of hydrogen-bond donors (Lipinski definition) is 24. The van der Waals surface area contributed by atoms with E-state index in [0.717, 1.165) is 6.92 Å². The lowest BCUT2D eigenvalue weighted by molar-refractivity contribution is -0.141. The average molecular weight is 1520 g/mol. The molecule has 39 nitrogen and oxygen atoms in total. The number of Topliss-reactive ketones (excluding diaryl/α,β-unsaturated/α-hetero) is 2. The van der Waals surface area contributed by atoms with Crippen LogP contribution in [-0.4, -0.2) is 243 Å². The first kappa shape index (κ1) is 89.1. The van der Waals surface area contributed by atoms with Gasteiger partial charge in [-0.2, -0.15) is 25.3 Å². The molecule has 0 bridgehead atoms. The number of aliphatic hydroxyl groups excluding tert-OH is 2. The summed E-state index contributed by atoms with van der Waals surface area (Å²) in [7, 11) is 0. The van der Waals surface area contributed by atoms with E-state index in [-0.39, 0.29) is 68.1 Å². The number of nitrogens with two attached hydrogens (primary N) is 5. The Balaban J connectivity index is 2.15. The van der Waals surface area contributed by atoms with Gasteiger partial charge < -0.3 is 118 Å². The Hall–Kier alpha value is -10.1. The number of thiol groups is 2. The highest BCUT2D eigenvalue weighted by atomic mass is 32.1. The molecule has 0 radical (unpaired) electrons. The van der Waals surface area contributed by atoms with Gasteiger partial charge in [0.25, 0.3) is 0 Å². The number of nitrogens with one attached hydrogen (secondary N) is 13. The quantitative estimate of drug-likeness (QED) is 0.0296. The molecule has 1 saturated heterocycles. The van der Waals surface area contributed by atoms with Gasteiger partial charge in [-0.1, -0.05) is 24.3 Å². The van der Waals surface area contributed by atoms with Crippen LogP contribution in [0.5, 0.6) is 11.5 Å². The first-order valence-electron chi connectivity index (χ1n) is 33.4. The number of ketones is 2. The van der Waals surface area contributed by atoms with Gasteiger partial charge in [-0.3, -0.25) is 81.5 Å². The Morgan fingerprint density at radius 1 is 0.457 bits per heavy atom. The lowest BCUT2D eigenvalue weighted by Crippen LogP contribution is -2.62. The minimum Gasteiger partial charge on any atom is -0.508 e. The molecule has 6 unspecified atom stereocenters. The monoisotopic (exact) mass is 1520 g/mol. The number of unbranched alkanes of at least 4 members (excludes halogenated alkanes) is 1. The summed E-state index contributed by atoms with van der Waals surface area (Å²) in [5, 5.41) is 72.7. The summed E-state index contributed by atoms with van der Waals surface area (Å²) in [5.74, 6) is -20.8. The van der Waals surface area contributed by atoms with Crippen LogP contribution in [0.4, 0.5) is 0 Å². The van der Waals surface area contributed by atoms with Gasteiger partial charge in [0.15, 0.2) is 0 Å². The van der Waals surface area contributed by atoms with Crippen molar-refractivity contribution in [3.05, 3.63) is 59.7 Å². The van der Waals surface area contributed by atoms with Crippen molar-refractivity contribution in [3.8, 4) is 11.5 Å². The van der Waals surface area contributed by atoms with E-state index < -0.39 is 243 Å². The number of hydrogen-bond acceptors (Lipinski definition) is 26. The molecule has 0 aromatic heterocycles. The molecule has 0 aliphatic carbocycles. The molecule has 1 aliphatic rings. The number of rotatable bonds is 22. The Morgan fingerprint density at radius 2 is 0.838 bits per heavy atom. The predicted molar refractivity (Wildman–Crippen MR) is 378 cm³/mol. The van der Waals surface area contributed by atoms with Crippen molar-refractivity contribution in [1.82, 2.24) is 69.1 Å². The Morgan fingerprint density at radius 3 is 1.31 bits per heavy atom. The zero-order chi connectivity index (χ0) is 78.6. The fraction of sp³-hybridized carbons (Fsp3) is 0.547. The number of carbonyl (C=O) groups is 17. The molecule has 15 amide bonds. The van der Waals surface area contributed by atoms with Crippen molar-refractivity contribution >= 4 is 125 Å². The molecule has 1 aliphatic heterocycles. The number of primary amides is 4. The first-order chi connectivity index (χ1) is 49.6. The molecule has 0 spiro atoms. The highest BCUT2D eigenvalue weighted by Gasteiger charge is 2.39. The maximum Gasteiger partial charge on any atom is 0.245 e. The summed E-state index contributed by atoms with van der Waals surface area (Å²) >= 11 is 8.41. The van der Waals surface area contributed by atoms with Crippen LogP contribution in [0.1, 0.15) is 95.6 Å².